The summed E-state index contributed by atoms with van der Waals surface area (Å²) in [5.74, 6) is -1.56. The van der Waals surface area contributed by atoms with Crippen LogP contribution in [0.3, 0.4) is 0 Å². The van der Waals surface area contributed by atoms with Gasteiger partial charge in [0.15, 0.2) is 19.7 Å². The highest BCUT2D eigenvalue weighted by molar-refractivity contribution is 7.91. The van der Waals surface area contributed by atoms with Gasteiger partial charge in [0.05, 0.1) is 21.1 Å². The standard InChI is InChI=1S/C15H14O6S2/c1-22(18,19)13-7-5-11(6-8-13)10-23(20,21)14-4-2-3-12(9-14)15(16)17/h2-9H,10H2,1H3,(H,16,17). The molecule has 0 bridgehead atoms. The Kier molecular flexibility index (Phi) is 4.58. The Bertz CT molecular complexity index is 942. The fourth-order valence-electron chi connectivity index (χ4n) is 1.96. The minimum absolute atomic E-state index is 0.0930. The van der Waals surface area contributed by atoms with E-state index in [4.69, 9.17) is 5.11 Å². The third-order valence-corrected chi connectivity index (χ3v) is 5.96. The molecular formula is C15H14O6S2. The van der Waals surface area contributed by atoms with Crippen LogP contribution in [0.25, 0.3) is 0 Å². The van der Waals surface area contributed by atoms with Gasteiger partial charge in [-0.25, -0.2) is 21.6 Å². The van der Waals surface area contributed by atoms with Crippen LogP contribution < -0.4 is 0 Å². The number of hydrogen-bond donors (Lipinski definition) is 1. The van der Waals surface area contributed by atoms with Crippen LogP contribution in [0.4, 0.5) is 0 Å². The molecule has 0 fully saturated rings. The Hall–Kier alpha value is -2.19. The van der Waals surface area contributed by atoms with Crippen LogP contribution in [-0.2, 0) is 25.4 Å². The molecule has 23 heavy (non-hydrogen) atoms. The highest BCUT2D eigenvalue weighted by Gasteiger charge is 2.17. The molecule has 2 aromatic carbocycles. The SMILES string of the molecule is CS(=O)(=O)c1ccc(CS(=O)(=O)c2cccc(C(=O)O)c2)cc1. The van der Waals surface area contributed by atoms with Gasteiger partial charge in [-0.05, 0) is 35.9 Å². The quantitative estimate of drug-likeness (QED) is 0.877. The van der Waals surface area contributed by atoms with Crippen LogP contribution in [0.2, 0.25) is 0 Å². The van der Waals surface area contributed by atoms with Gasteiger partial charge < -0.3 is 5.11 Å². The van der Waals surface area contributed by atoms with Gasteiger partial charge in [0, 0.05) is 6.26 Å². The summed E-state index contributed by atoms with van der Waals surface area (Å²) in [5.41, 5.74) is 0.302. The zero-order chi connectivity index (χ0) is 17.3. The third-order valence-electron chi connectivity index (χ3n) is 3.15. The zero-order valence-corrected chi connectivity index (χ0v) is 13.8. The molecule has 0 unspecified atom stereocenters. The first-order valence-electron chi connectivity index (χ1n) is 6.45. The minimum atomic E-state index is -3.73. The first-order valence-corrected chi connectivity index (χ1v) is 9.99. The molecular weight excluding hydrogens is 340 g/mol. The molecule has 0 radical (unpaired) electrons. The molecule has 2 aromatic rings. The number of carboxylic acid groups (broad SMARTS) is 1. The number of carbonyl (C=O) groups is 1. The summed E-state index contributed by atoms with van der Waals surface area (Å²) >= 11 is 0. The van der Waals surface area contributed by atoms with E-state index in [1.54, 1.807) is 0 Å². The summed E-state index contributed by atoms with van der Waals surface area (Å²) in [5, 5.41) is 8.92. The van der Waals surface area contributed by atoms with Crippen molar-refractivity contribution in [2.75, 3.05) is 6.26 Å². The average Bonchev–Trinajstić information content (AvgIpc) is 2.46. The lowest BCUT2D eigenvalue weighted by atomic mass is 10.2. The molecule has 0 aromatic heterocycles. The summed E-state index contributed by atoms with van der Waals surface area (Å²) in [4.78, 5) is 10.9. The van der Waals surface area contributed by atoms with E-state index in [0.717, 1.165) is 12.3 Å². The molecule has 0 aliphatic heterocycles. The van der Waals surface area contributed by atoms with Gasteiger partial charge in [0.2, 0.25) is 0 Å². The molecule has 1 N–H and O–H groups in total. The van der Waals surface area contributed by atoms with Gasteiger partial charge in [-0.2, -0.15) is 0 Å². The summed E-state index contributed by atoms with van der Waals surface area (Å²) in [6.07, 6.45) is 1.07. The minimum Gasteiger partial charge on any atom is -0.478 e. The van der Waals surface area contributed by atoms with Crippen molar-refractivity contribution in [1.29, 1.82) is 0 Å². The van der Waals surface area contributed by atoms with Gasteiger partial charge in [0.1, 0.15) is 0 Å². The number of rotatable bonds is 5. The summed E-state index contributed by atoms with van der Waals surface area (Å²) in [6, 6.07) is 10.6. The van der Waals surface area contributed by atoms with E-state index < -0.39 is 25.6 Å². The highest BCUT2D eigenvalue weighted by atomic mass is 32.2. The lowest BCUT2D eigenvalue weighted by Crippen LogP contribution is -2.07. The van der Waals surface area contributed by atoms with Crippen molar-refractivity contribution in [2.24, 2.45) is 0 Å². The van der Waals surface area contributed by atoms with E-state index >= 15 is 0 Å². The van der Waals surface area contributed by atoms with Gasteiger partial charge in [-0.3, -0.25) is 0 Å². The van der Waals surface area contributed by atoms with Gasteiger partial charge in [-0.1, -0.05) is 18.2 Å². The predicted molar refractivity (Wildman–Crippen MR) is 83.8 cm³/mol. The number of carboxylic acids is 1. The van der Waals surface area contributed by atoms with Crippen molar-refractivity contribution in [3.8, 4) is 0 Å². The summed E-state index contributed by atoms with van der Waals surface area (Å²) in [6.45, 7) is 0. The lowest BCUT2D eigenvalue weighted by Gasteiger charge is -2.06. The van der Waals surface area contributed by atoms with E-state index in [1.807, 2.05) is 0 Å². The van der Waals surface area contributed by atoms with Crippen molar-refractivity contribution in [1.82, 2.24) is 0 Å². The monoisotopic (exact) mass is 354 g/mol. The maximum atomic E-state index is 12.3. The van der Waals surface area contributed by atoms with Crippen molar-refractivity contribution in [3.05, 3.63) is 59.7 Å². The first kappa shape index (κ1) is 17.2. The van der Waals surface area contributed by atoms with E-state index in [0.29, 0.717) is 5.56 Å². The second kappa shape index (κ2) is 6.13. The zero-order valence-electron chi connectivity index (χ0n) is 12.1. The fraction of sp³-hybridized carbons (Fsp3) is 0.133. The van der Waals surface area contributed by atoms with E-state index in [-0.39, 0.29) is 21.1 Å². The number of hydrogen-bond acceptors (Lipinski definition) is 5. The Morgan fingerprint density at radius 2 is 1.57 bits per heavy atom. The van der Waals surface area contributed by atoms with Crippen molar-refractivity contribution in [2.45, 2.75) is 15.5 Å². The van der Waals surface area contributed by atoms with Crippen LogP contribution in [0.1, 0.15) is 15.9 Å². The number of sulfone groups is 2. The number of benzene rings is 2. The summed E-state index contributed by atoms with van der Waals surface area (Å²) < 4.78 is 47.5. The average molecular weight is 354 g/mol. The van der Waals surface area contributed by atoms with Crippen molar-refractivity contribution < 1.29 is 26.7 Å². The van der Waals surface area contributed by atoms with E-state index in [2.05, 4.69) is 0 Å². The maximum Gasteiger partial charge on any atom is 0.335 e. The Labute approximate surface area is 134 Å². The molecule has 0 aliphatic rings. The lowest BCUT2D eigenvalue weighted by molar-refractivity contribution is 0.0696. The molecule has 8 heteroatoms. The van der Waals surface area contributed by atoms with Crippen LogP contribution in [0.15, 0.2) is 58.3 Å². The van der Waals surface area contributed by atoms with Crippen molar-refractivity contribution >= 4 is 25.6 Å². The maximum absolute atomic E-state index is 12.3. The molecule has 0 saturated heterocycles. The van der Waals surface area contributed by atoms with Crippen LogP contribution in [-0.4, -0.2) is 34.2 Å². The third kappa shape index (κ3) is 4.17. The van der Waals surface area contributed by atoms with Crippen molar-refractivity contribution in [3.63, 3.8) is 0 Å². The van der Waals surface area contributed by atoms with E-state index in [1.165, 1.54) is 42.5 Å². The molecule has 0 spiro atoms. The second-order valence-corrected chi connectivity index (χ2v) is 9.01. The highest BCUT2D eigenvalue weighted by Crippen LogP contribution is 2.19. The molecule has 0 aliphatic carbocycles. The second-order valence-electron chi connectivity index (χ2n) is 5.01. The smallest absolute Gasteiger partial charge is 0.335 e. The molecule has 6 nitrogen and oxygen atoms in total. The fourth-order valence-corrected chi connectivity index (χ4v) is 3.98. The van der Waals surface area contributed by atoms with Crippen LogP contribution in [0.5, 0.6) is 0 Å². The molecule has 0 saturated carbocycles. The Balaban J connectivity index is 2.31. The van der Waals surface area contributed by atoms with Gasteiger partial charge >= 0.3 is 5.97 Å². The molecule has 2 rings (SSSR count). The van der Waals surface area contributed by atoms with Gasteiger partial charge in [-0.15, -0.1) is 0 Å². The first-order chi connectivity index (χ1) is 10.6. The molecule has 0 atom stereocenters. The Morgan fingerprint density at radius 3 is 2.09 bits per heavy atom. The normalized spacial score (nSPS) is 12.0. The Morgan fingerprint density at radius 1 is 0.957 bits per heavy atom. The molecule has 0 amide bonds. The topological polar surface area (TPSA) is 106 Å². The molecule has 122 valence electrons. The van der Waals surface area contributed by atoms with Crippen LogP contribution in [0, 0.1) is 0 Å². The van der Waals surface area contributed by atoms with E-state index in [9.17, 15) is 21.6 Å². The largest absolute Gasteiger partial charge is 0.478 e. The summed E-state index contributed by atoms with van der Waals surface area (Å²) in [7, 11) is -7.08. The molecule has 0 heterocycles. The van der Waals surface area contributed by atoms with Gasteiger partial charge in [0.25, 0.3) is 0 Å². The number of aromatic carboxylic acids is 1. The van der Waals surface area contributed by atoms with Crippen LogP contribution >= 0.6 is 0 Å². The predicted octanol–water partition coefficient (Wildman–Crippen LogP) is 1.76.